The van der Waals surface area contributed by atoms with Crippen molar-refractivity contribution < 1.29 is 9.13 Å². The van der Waals surface area contributed by atoms with Crippen molar-refractivity contribution in [3.05, 3.63) is 64.5 Å². The Hall–Kier alpha value is -2.73. The fourth-order valence-corrected chi connectivity index (χ4v) is 4.57. The Bertz CT molecular complexity index is 1120. The molecule has 170 valence electrons. The molecule has 1 atom stereocenters. The molecule has 0 radical (unpaired) electrons. The highest BCUT2D eigenvalue weighted by Crippen LogP contribution is 2.28. The molecular formula is C26H32FN3O2. The minimum absolute atomic E-state index is 0.0576. The molecule has 6 heteroatoms. The van der Waals surface area contributed by atoms with E-state index in [1.165, 1.54) is 12.1 Å². The maximum atomic E-state index is 13.7. The molecule has 0 aliphatic carbocycles. The van der Waals surface area contributed by atoms with Crippen LogP contribution >= 0.6 is 0 Å². The van der Waals surface area contributed by atoms with Crippen molar-refractivity contribution in [3.8, 4) is 11.5 Å². The van der Waals surface area contributed by atoms with Crippen LogP contribution in [0.3, 0.4) is 0 Å². The Morgan fingerprint density at radius 3 is 2.69 bits per heavy atom. The highest BCUT2D eigenvalue weighted by atomic mass is 19.1. The van der Waals surface area contributed by atoms with Gasteiger partial charge in [-0.3, -0.25) is 9.36 Å². The molecule has 0 N–H and O–H groups in total. The van der Waals surface area contributed by atoms with E-state index >= 15 is 0 Å². The number of halogens is 1. The van der Waals surface area contributed by atoms with Gasteiger partial charge in [-0.05, 0) is 82.0 Å². The Kier molecular flexibility index (Phi) is 6.89. The zero-order valence-corrected chi connectivity index (χ0v) is 19.2. The molecule has 2 heterocycles. The summed E-state index contributed by atoms with van der Waals surface area (Å²) >= 11 is 0. The summed E-state index contributed by atoms with van der Waals surface area (Å²) in [6.45, 7) is 9.36. The number of nitrogens with zero attached hydrogens (tertiary/aromatic N) is 3. The fourth-order valence-electron chi connectivity index (χ4n) is 4.57. The molecule has 1 aliphatic heterocycles. The second-order valence-electron chi connectivity index (χ2n) is 9.00. The number of aromatic nitrogens is 2. The van der Waals surface area contributed by atoms with Crippen LogP contribution in [0, 0.1) is 11.7 Å². The van der Waals surface area contributed by atoms with Crippen LogP contribution in [-0.4, -0.2) is 33.6 Å². The van der Waals surface area contributed by atoms with Crippen LogP contribution < -0.4 is 10.3 Å². The Morgan fingerprint density at radius 2 is 1.97 bits per heavy atom. The molecule has 3 aromatic rings. The molecule has 4 rings (SSSR count). The van der Waals surface area contributed by atoms with Gasteiger partial charge in [0.25, 0.3) is 5.56 Å². The van der Waals surface area contributed by atoms with Gasteiger partial charge in [0.1, 0.15) is 28.5 Å². The van der Waals surface area contributed by atoms with Gasteiger partial charge in [0.15, 0.2) is 0 Å². The summed E-state index contributed by atoms with van der Waals surface area (Å²) in [6, 6.07) is 11.8. The minimum Gasteiger partial charge on any atom is -0.456 e. The summed E-state index contributed by atoms with van der Waals surface area (Å²) in [5.41, 5.74) is 0.583. The Labute approximate surface area is 188 Å². The van der Waals surface area contributed by atoms with Crippen molar-refractivity contribution in [2.24, 2.45) is 5.92 Å². The fraction of sp³-hybridized carbons (Fsp3) is 0.462. The number of fused-ring (bicyclic) bond motifs is 1. The van der Waals surface area contributed by atoms with Gasteiger partial charge in [-0.2, -0.15) is 0 Å². The zero-order chi connectivity index (χ0) is 22.7. The largest absolute Gasteiger partial charge is 0.456 e. The Morgan fingerprint density at radius 1 is 1.19 bits per heavy atom. The van der Waals surface area contributed by atoms with Crippen molar-refractivity contribution in [2.75, 3.05) is 13.1 Å². The number of piperidine rings is 1. The van der Waals surface area contributed by atoms with E-state index in [9.17, 15) is 9.18 Å². The van der Waals surface area contributed by atoms with Crippen molar-refractivity contribution in [3.63, 3.8) is 0 Å². The van der Waals surface area contributed by atoms with Crippen molar-refractivity contribution >= 4 is 10.9 Å². The summed E-state index contributed by atoms with van der Waals surface area (Å²) in [5, 5.41) is 0.480. The van der Waals surface area contributed by atoms with E-state index < -0.39 is 0 Å². The van der Waals surface area contributed by atoms with E-state index in [1.807, 2.05) is 16.7 Å². The summed E-state index contributed by atoms with van der Waals surface area (Å²) < 4.78 is 21.2. The predicted molar refractivity (Wildman–Crippen MR) is 126 cm³/mol. The molecule has 1 fully saturated rings. The third-order valence-corrected chi connectivity index (χ3v) is 6.26. The van der Waals surface area contributed by atoms with Crippen LogP contribution in [0.15, 0.2) is 47.3 Å². The van der Waals surface area contributed by atoms with Crippen LogP contribution in [0.5, 0.6) is 11.5 Å². The van der Waals surface area contributed by atoms with Crippen LogP contribution in [0.4, 0.5) is 4.39 Å². The summed E-state index contributed by atoms with van der Waals surface area (Å²) in [7, 11) is 0. The molecular weight excluding hydrogens is 405 g/mol. The number of ether oxygens (including phenoxy) is 1. The average Bonchev–Trinajstić information content (AvgIpc) is 2.78. The molecule has 1 aromatic heterocycles. The summed E-state index contributed by atoms with van der Waals surface area (Å²) in [6.07, 6.45) is 3.95. The Balaban J connectivity index is 1.73. The summed E-state index contributed by atoms with van der Waals surface area (Å²) in [4.78, 5) is 21.1. The second kappa shape index (κ2) is 9.82. The van der Waals surface area contributed by atoms with Gasteiger partial charge < -0.3 is 9.64 Å². The molecule has 32 heavy (non-hydrogen) atoms. The molecule has 0 saturated carbocycles. The quantitative estimate of drug-likeness (QED) is 0.496. The summed E-state index contributed by atoms with van der Waals surface area (Å²) in [5.74, 6) is 1.87. The van der Waals surface area contributed by atoms with E-state index in [2.05, 4.69) is 25.7 Å². The number of likely N-dealkylation sites (tertiary alicyclic amines) is 1. The lowest BCUT2D eigenvalue weighted by Crippen LogP contribution is -2.42. The molecule has 1 aliphatic rings. The topological polar surface area (TPSA) is 47.4 Å². The van der Waals surface area contributed by atoms with E-state index in [0.29, 0.717) is 40.9 Å². The van der Waals surface area contributed by atoms with Gasteiger partial charge in [-0.15, -0.1) is 0 Å². The maximum absolute atomic E-state index is 13.7. The standard InChI is InChI=1S/C26H32FN3O2/c1-4-7-24-28-22-9-5-10-23(32-21-13-11-20(27)12-14-21)25(22)26(31)30(24)17-19-8-6-15-29(16-19)18(2)3/h5,9-14,18-19H,4,6-8,15-17H2,1-3H3/t19-/m0/s1. The van der Waals surface area contributed by atoms with Crippen molar-refractivity contribution in [1.82, 2.24) is 14.5 Å². The lowest BCUT2D eigenvalue weighted by atomic mass is 9.96. The SMILES string of the molecule is CCCc1nc2cccc(Oc3ccc(F)cc3)c2c(=O)n1C[C@H]1CCCN(C(C)C)C1. The molecule has 5 nitrogen and oxygen atoms in total. The molecule has 0 unspecified atom stereocenters. The van der Waals surface area contributed by atoms with Gasteiger partial charge in [0, 0.05) is 25.6 Å². The lowest BCUT2D eigenvalue weighted by molar-refractivity contribution is 0.129. The normalized spacial score (nSPS) is 17.2. The van der Waals surface area contributed by atoms with Crippen LogP contribution in [0.1, 0.15) is 45.9 Å². The number of hydrogen-bond acceptors (Lipinski definition) is 4. The molecule has 0 amide bonds. The van der Waals surface area contributed by atoms with Crippen LogP contribution in [-0.2, 0) is 13.0 Å². The average molecular weight is 438 g/mol. The lowest BCUT2D eigenvalue weighted by Gasteiger charge is -2.35. The smallest absolute Gasteiger partial charge is 0.265 e. The van der Waals surface area contributed by atoms with E-state index in [1.54, 1.807) is 18.2 Å². The number of hydrogen-bond donors (Lipinski definition) is 0. The van der Waals surface area contributed by atoms with Gasteiger partial charge in [-0.25, -0.2) is 9.37 Å². The van der Waals surface area contributed by atoms with Crippen LogP contribution in [0.2, 0.25) is 0 Å². The van der Waals surface area contributed by atoms with Gasteiger partial charge in [0.2, 0.25) is 0 Å². The monoisotopic (exact) mass is 437 g/mol. The highest BCUT2D eigenvalue weighted by Gasteiger charge is 2.24. The third-order valence-electron chi connectivity index (χ3n) is 6.26. The van der Waals surface area contributed by atoms with E-state index in [4.69, 9.17) is 9.72 Å². The molecule has 0 spiro atoms. The number of rotatable bonds is 7. The van der Waals surface area contributed by atoms with Gasteiger partial charge >= 0.3 is 0 Å². The van der Waals surface area contributed by atoms with E-state index in [-0.39, 0.29) is 11.4 Å². The molecule has 0 bridgehead atoms. The number of aryl methyl sites for hydroxylation is 1. The highest BCUT2D eigenvalue weighted by molar-refractivity contribution is 5.84. The van der Waals surface area contributed by atoms with Crippen molar-refractivity contribution in [2.45, 2.75) is 59.0 Å². The second-order valence-corrected chi connectivity index (χ2v) is 9.00. The zero-order valence-electron chi connectivity index (χ0n) is 19.2. The predicted octanol–water partition coefficient (Wildman–Crippen LogP) is 5.40. The first-order chi connectivity index (χ1) is 15.5. The molecule has 2 aromatic carbocycles. The van der Waals surface area contributed by atoms with E-state index in [0.717, 1.165) is 44.6 Å². The first kappa shape index (κ1) is 22.5. The van der Waals surface area contributed by atoms with Gasteiger partial charge in [-0.1, -0.05) is 13.0 Å². The van der Waals surface area contributed by atoms with Gasteiger partial charge in [0.05, 0.1) is 5.52 Å². The van der Waals surface area contributed by atoms with Crippen LogP contribution in [0.25, 0.3) is 10.9 Å². The first-order valence-electron chi connectivity index (χ1n) is 11.7. The molecule has 1 saturated heterocycles. The van der Waals surface area contributed by atoms with Crippen molar-refractivity contribution in [1.29, 1.82) is 0 Å². The minimum atomic E-state index is -0.327. The maximum Gasteiger partial charge on any atom is 0.265 e. The first-order valence-corrected chi connectivity index (χ1v) is 11.7. The third kappa shape index (κ3) is 4.85. The number of benzene rings is 2.